The van der Waals surface area contributed by atoms with Crippen LogP contribution in [0, 0.1) is 0 Å². The lowest BCUT2D eigenvalue weighted by Gasteiger charge is -2.53. The van der Waals surface area contributed by atoms with Crippen molar-refractivity contribution in [2.24, 2.45) is 0 Å². The average molecular weight is 969 g/mol. The summed E-state index contributed by atoms with van der Waals surface area (Å²) in [5, 5.41) is 16.1. The van der Waals surface area contributed by atoms with Gasteiger partial charge in [-0.2, -0.15) is 4.98 Å². The van der Waals surface area contributed by atoms with Gasteiger partial charge in [-0.25, -0.2) is 4.98 Å². The minimum Gasteiger partial charge on any atom is -0.483 e. The molecule has 4 aromatic rings. The van der Waals surface area contributed by atoms with Crippen molar-refractivity contribution in [1.82, 2.24) is 35.0 Å². The third-order valence-corrected chi connectivity index (χ3v) is 13.8. The van der Waals surface area contributed by atoms with E-state index < -0.39 is 29.7 Å². The number of aromatic nitrogens is 3. The second-order valence-corrected chi connectivity index (χ2v) is 18.8. The molecule has 5 amide bonds. The van der Waals surface area contributed by atoms with E-state index in [9.17, 15) is 28.8 Å². The first-order valence-corrected chi connectivity index (χ1v) is 23.6. The van der Waals surface area contributed by atoms with E-state index in [1.807, 2.05) is 38.1 Å². The highest BCUT2D eigenvalue weighted by molar-refractivity contribution is 6.33. The highest BCUT2D eigenvalue weighted by Crippen LogP contribution is 2.38. The van der Waals surface area contributed by atoms with Gasteiger partial charge in [0, 0.05) is 80.6 Å². The molecular formula is C48H57ClN10O10. The summed E-state index contributed by atoms with van der Waals surface area (Å²) in [6.07, 6.45) is 5.73. The summed E-state index contributed by atoms with van der Waals surface area (Å²) in [4.78, 5) is 102. The van der Waals surface area contributed by atoms with Gasteiger partial charge in [0.05, 0.1) is 35.0 Å². The Labute approximate surface area is 403 Å². The van der Waals surface area contributed by atoms with Crippen LogP contribution in [0.3, 0.4) is 0 Å². The highest BCUT2D eigenvalue weighted by Gasteiger charge is 2.46. The minimum atomic E-state index is -0.993. The van der Waals surface area contributed by atoms with Crippen LogP contribution in [0.1, 0.15) is 93.0 Å². The second kappa shape index (κ2) is 20.5. The summed E-state index contributed by atoms with van der Waals surface area (Å²) < 4.78 is 13.9. The first kappa shape index (κ1) is 48.8. The van der Waals surface area contributed by atoms with Gasteiger partial charge in [0.1, 0.15) is 11.1 Å². The molecule has 366 valence electrons. The van der Waals surface area contributed by atoms with E-state index >= 15 is 0 Å². The fourth-order valence-electron chi connectivity index (χ4n) is 10.2. The number of halogens is 1. The van der Waals surface area contributed by atoms with Crippen LogP contribution in [0.4, 0.5) is 23.1 Å². The summed E-state index contributed by atoms with van der Waals surface area (Å²) in [5.41, 5.74) is 2.55. The van der Waals surface area contributed by atoms with Crippen LogP contribution in [-0.4, -0.2) is 142 Å². The van der Waals surface area contributed by atoms with Crippen molar-refractivity contribution in [3.63, 3.8) is 0 Å². The van der Waals surface area contributed by atoms with Gasteiger partial charge in [-0.15, -0.1) is 0 Å². The predicted octanol–water partition coefficient (Wildman–Crippen LogP) is 4.11. The SMILES string of the molecule is CNC(=O)COc1cc2cc(Nc3nc(N4CCC(OC5CC(N6[C@H](C)CN(c7ccc8c(c7)C(=O)N(C7CCC(=O)NC7=O)C8=O)C[C@@H]6C)C5)CC4)ncc3Cl)ccc2n(C(C)C)c1=O.O=CO. The van der Waals surface area contributed by atoms with E-state index in [1.54, 1.807) is 29.0 Å². The molecule has 9 rings (SSSR count). The number of fused-ring (bicyclic) bond motifs is 2. The molecule has 5 aliphatic rings. The number of hydrogen-bond acceptors (Lipinski definition) is 15. The Morgan fingerprint density at radius 2 is 1.64 bits per heavy atom. The standard InChI is InChI=1S/C47H55ClN10O8.CH2O2/c1-25(2)56-37-9-6-29(16-28(37)17-39(46(56)64)65-24-41(60)49-5)51-42-36(48)21-50-47(53-42)54-14-12-32(13-15-54)66-33-18-31(19-33)57-26(3)22-55(23-27(57)4)30-7-8-34-35(20-30)45(63)58(44(34)62)38-10-11-40(59)52-43(38)61;2-1-3/h6-9,16-17,20-21,25-27,31-33,38H,10-15,18-19,22-24H2,1-5H3,(H,49,60)(H,50,51,53)(H,52,59,61);1H,(H,2,3)/t26-,27+,31?,33?,38?;. The second-order valence-electron chi connectivity index (χ2n) is 18.4. The molecular weight excluding hydrogens is 912 g/mol. The van der Waals surface area contributed by atoms with Gasteiger partial charge in [0.25, 0.3) is 29.8 Å². The number of carbonyl (C=O) groups is 6. The van der Waals surface area contributed by atoms with Gasteiger partial charge in [-0.1, -0.05) is 11.6 Å². The summed E-state index contributed by atoms with van der Waals surface area (Å²) in [5.74, 6) is -1.25. The number of amides is 5. The number of ether oxygens (including phenoxy) is 2. The molecule has 4 fully saturated rings. The molecule has 0 radical (unpaired) electrons. The lowest BCUT2D eigenvalue weighted by atomic mass is 9.84. The maximum Gasteiger partial charge on any atom is 0.293 e. The number of benzene rings is 2. The van der Waals surface area contributed by atoms with E-state index in [0.717, 1.165) is 73.4 Å². The van der Waals surface area contributed by atoms with Gasteiger partial charge in [0.2, 0.25) is 17.8 Å². The molecule has 21 heteroatoms. The Balaban J connectivity index is 0.00000209. The van der Waals surface area contributed by atoms with Crippen LogP contribution in [0.2, 0.25) is 5.02 Å². The van der Waals surface area contributed by atoms with E-state index in [0.29, 0.717) is 34.1 Å². The third kappa shape index (κ3) is 10.1. The molecule has 4 aliphatic heterocycles. The monoisotopic (exact) mass is 968 g/mol. The van der Waals surface area contributed by atoms with Gasteiger partial charge in [0.15, 0.2) is 18.2 Å². The fourth-order valence-corrected chi connectivity index (χ4v) is 10.4. The maximum atomic E-state index is 13.5. The van der Waals surface area contributed by atoms with Crippen molar-refractivity contribution < 1.29 is 43.3 Å². The van der Waals surface area contributed by atoms with Crippen molar-refractivity contribution in [1.29, 1.82) is 0 Å². The molecule has 4 N–H and O–H groups in total. The summed E-state index contributed by atoms with van der Waals surface area (Å²) >= 11 is 6.61. The maximum absolute atomic E-state index is 13.5. The fraction of sp³-hybridized carbons (Fsp3) is 0.479. The van der Waals surface area contributed by atoms with Gasteiger partial charge in [-0.05, 0) is 102 Å². The Morgan fingerprint density at radius 3 is 2.30 bits per heavy atom. The smallest absolute Gasteiger partial charge is 0.293 e. The number of imide groups is 2. The van der Waals surface area contributed by atoms with Crippen molar-refractivity contribution in [3.05, 3.63) is 75.2 Å². The molecule has 2 aromatic carbocycles. The Bertz CT molecular complexity index is 2710. The molecule has 6 heterocycles. The first-order chi connectivity index (χ1) is 33.1. The van der Waals surface area contributed by atoms with Crippen molar-refractivity contribution >= 4 is 81.7 Å². The van der Waals surface area contributed by atoms with E-state index in [4.69, 9.17) is 36.0 Å². The molecule has 69 heavy (non-hydrogen) atoms. The minimum absolute atomic E-state index is 0.0795. The quantitative estimate of drug-likeness (QED) is 0.115. The van der Waals surface area contributed by atoms with Crippen LogP contribution in [0.5, 0.6) is 5.75 Å². The van der Waals surface area contributed by atoms with Gasteiger partial charge < -0.3 is 39.6 Å². The van der Waals surface area contributed by atoms with Crippen LogP contribution in [-0.2, 0) is 23.9 Å². The third-order valence-electron chi connectivity index (χ3n) is 13.5. The zero-order valence-corrected chi connectivity index (χ0v) is 39.9. The molecule has 1 unspecified atom stereocenters. The summed E-state index contributed by atoms with van der Waals surface area (Å²) in [6.45, 7) is 10.8. The first-order valence-electron chi connectivity index (χ1n) is 23.3. The van der Waals surface area contributed by atoms with E-state index in [2.05, 4.69) is 49.5 Å². The number of nitrogens with zero attached hydrogens (tertiary/aromatic N) is 7. The van der Waals surface area contributed by atoms with Crippen molar-refractivity contribution in [2.75, 3.05) is 55.0 Å². The summed E-state index contributed by atoms with van der Waals surface area (Å²) in [7, 11) is 1.51. The van der Waals surface area contributed by atoms with E-state index in [1.165, 1.54) is 7.05 Å². The van der Waals surface area contributed by atoms with Crippen molar-refractivity contribution in [2.45, 2.75) is 109 Å². The molecule has 0 spiro atoms. The molecule has 1 aliphatic carbocycles. The normalized spacial score (nSPS) is 23.0. The number of carboxylic acid groups (broad SMARTS) is 1. The van der Waals surface area contributed by atoms with Gasteiger partial charge >= 0.3 is 0 Å². The van der Waals surface area contributed by atoms with Gasteiger partial charge in [-0.3, -0.25) is 48.7 Å². The van der Waals surface area contributed by atoms with Crippen LogP contribution in [0.25, 0.3) is 10.9 Å². The number of pyridine rings is 1. The Kier molecular flexibility index (Phi) is 14.5. The lowest BCUT2D eigenvalue weighted by molar-refractivity contribution is -0.136. The molecule has 2 aromatic heterocycles. The summed E-state index contributed by atoms with van der Waals surface area (Å²) in [6, 6.07) is 12.3. The number of hydrogen-bond donors (Lipinski definition) is 4. The topological polar surface area (TPSA) is 238 Å². The number of piperidine rings is 2. The molecule has 1 saturated carbocycles. The zero-order chi connectivity index (χ0) is 49.3. The van der Waals surface area contributed by atoms with Crippen molar-refractivity contribution in [3.8, 4) is 5.75 Å². The Morgan fingerprint density at radius 1 is 0.942 bits per heavy atom. The molecule has 3 atom stereocenters. The highest BCUT2D eigenvalue weighted by atomic mass is 35.5. The Hall–Kier alpha value is -6.64. The molecule has 0 bridgehead atoms. The largest absolute Gasteiger partial charge is 0.483 e. The lowest BCUT2D eigenvalue weighted by Crippen LogP contribution is -2.63. The average Bonchev–Trinajstić information content (AvgIpc) is 3.55. The molecule has 3 saturated heterocycles. The predicted molar refractivity (Wildman–Crippen MR) is 256 cm³/mol. The number of likely N-dealkylation sites (N-methyl/N-ethyl adjacent to an activating group) is 1. The number of nitrogens with one attached hydrogen (secondary N) is 3. The van der Waals surface area contributed by atoms with Crippen LogP contribution < -0.4 is 36.0 Å². The van der Waals surface area contributed by atoms with Crippen LogP contribution >= 0.6 is 11.6 Å². The zero-order valence-electron chi connectivity index (χ0n) is 39.1. The molecule has 20 nitrogen and oxygen atoms in total. The number of carbonyl (C=O) groups excluding carboxylic acids is 5. The number of rotatable bonds is 12. The number of anilines is 4. The number of piperazine rings is 1. The van der Waals surface area contributed by atoms with Crippen LogP contribution in [0.15, 0.2) is 53.5 Å². The van der Waals surface area contributed by atoms with E-state index in [-0.39, 0.29) is 79.0 Å².